The number of urea groups is 1. The minimum atomic E-state index is -0.806. The van der Waals surface area contributed by atoms with Gasteiger partial charge < -0.3 is 5.32 Å². The molecule has 10 nitrogen and oxygen atoms in total. The lowest BCUT2D eigenvalue weighted by molar-refractivity contribution is -0.392. The van der Waals surface area contributed by atoms with Crippen molar-refractivity contribution in [2.75, 3.05) is 10.6 Å². The van der Waals surface area contributed by atoms with Crippen LogP contribution in [-0.4, -0.2) is 20.9 Å². The fraction of sp³-hybridized carbons (Fsp3) is 0. The number of non-ortho nitro benzene ring substituents is 1. The maximum Gasteiger partial charge on any atom is 0.323 e. The zero-order chi connectivity index (χ0) is 18.7. The maximum absolute atomic E-state index is 12.2. The second kappa shape index (κ2) is 6.81. The Balaban J connectivity index is 2.08. The molecule has 0 atom stereocenters. The van der Waals surface area contributed by atoms with E-state index in [1.165, 1.54) is 18.3 Å². The van der Waals surface area contributed by atoms with Crippen LogP contribution in [0.15, 0.2) is 54.7 Å². The van der Waals surface area contributed by atoms with Crippen LogP contribution >= 0.6 is 0 Å². The Bertz CT molecular complexity index is 1020. The minimum Gasteiger partial charge on any atom is -0.308 e. The van der Waals surface area contributed by atoms with Crippen molar-refractivity contribution >= 4 is 39.7 Å². The number of hydrogen-bond donors (Lipinski definition) is 2. The number of carbonyl (C=O) groups is 1. The summed E-state index contributed by atoms with van der Waals surface area (Å²) in [6.45, 7) is 0. The van der Waals surface area contributed by atoms with Gasteiger partial charge in [-0.1, -0.05) is 18.2 Å². The summed E-state index contributed by atoms with van der Waals surface area (Å²) in [5.41, 5.74) is -0.868. The van der Waals surface area contributed by atoms with Crippen molar-refractivity contribution < 1.29 is 14.6 Å². The smallest absolute Gasteiger partial charge is 0.308 e. The average molecular weight is 353 g/mol. The first-order valence-electron chi connectivity index (χ1n) is 7.31. The van der Waals surface area contributed by atoms with Crippen molar-refractivity contribution in [2.45, 2.75) is 0 Å². The van der Waals surface area contributed by atoms with Crippen LogP contribution in [0.4, 0.5) is 27.5 Å². The number of benzene rings is 2. The molecule has 2 amide bonds. The second-order valence-corrected chi connectivity index (χ2v) is 5.15. The second-order valence-electron chi connectivity index (χ2n) is 5.15. The molecule has 130 valence electrons. The van der Waals surface area contributed by atoms with Crippen LogP contribution in [0.25, 0.3) is 10.9 Å². The summed E-state index contributed by atoms with van der Waals surface area (Å²) in [5, 5.41) is 27.6. The van der Waals surface area contributed by atoms with Gasteiger partial charge in [-0.05, 0) is 24.3 Å². The van der Waals surface area contributed by atoms with Crippen LogP contribution < -0.4 is 10.6 Å². The van der Waals surface area contributed by atoms with E-state index in [1.54, 1.807) is 30.3 Å². The molecule has 0 fully saturated rings. The lowest BCUT2D eigenvalue weighted by Gasteiger charge is -2.10. The van der Waals surface area contributed by atoms with Crippen LogP contribution in [0.2, 0.25) is 0 Å². The molecule has 2 N–H and O–H groups in total. The molecule has 3 aromatic rings. The minimum absolute atomic E-state index is 0.0448. The lowest BCUT2D eigenvalue weighted by atomic mass is 10.1. The highest BCUT2D eigenvalue weighted by atomic mass is 16.6. The number of nitrogens with zero attached hydrogens (tertiary/aromatic N) is 3. The van der Waals surface area contributed by atoms with Crippen molar-refractivity contribution in [3.8, 4) is 0 Å². The summed E-state index contributed by atoms with van der Waals surface area (Å²) >= 11 is 0. The van der Waals surface area contributed by atoms with Crippen molar-refractivity contribution in [3.05, 3.63) is 75.0 Å². The number of amides is 2. The van der Waals surface area contributed by atoms with Gasteiger partial charge in [-0.2, -0.15) is 0 Å². The number of nitrogens with one attached hydrogen (secondary N) is 2. The molecule has 26 heavy (non-hydrogen) atoms. The Labute approximate surface area is 145 Å². The topological polar surface area (TPSA) is 140 Å². The summed E-state index contributed by atoms with van der Waals surface area (Å²) < 4.78 is 0. The molecular weight excluding hydrogens is 342 g/mol. The number of anilines is 2. The van der Waals surface area contributed by atoms with Gasteiger partial charge in [0, 0.05) is 11.9 Å². The third-order valence-electron chi connectivity index (χ3n) is 3.51. The summed E-state index contributed by atoms with van der Waals surface area (Å²) in [7, 11) is 0. The Morgan fingerprint density at radius 1 is 0.923 bits per heavy atom. The number of rotatable bonds is 4. The number of aromatic nitrogens is 1. The fourth-order valence-corrected chi connectivity index (χ4v) is 2.43. The number of hydrogen-bond acceptors (Lipinski definition) is 6. The van der Waals surface area contributed by atoms with E-state index in [9.17, 15) is 25.0 Å². The van der Waals surface area contributed by atoms with Gasteiger partial charge in [0.05, 0.1) is 21.3 Å². The Kier molecular flexibility index (Phi) is 4.39. The van der Waals surface area contributed by atoms with E-state index in [4.69, 9.17) is 0 Å². The molecule has 3 rings (SSSR count). The molecule has 0 aliphatic carbocycles. The maximum atomic E-state index is 12.2. The van der Waals surface area contributed by atoms with E-state index in [-0.39, 0.29) is 16.6 Å². The Hall–Kier alpha value is -4.08. The fourth-order valence-electron chi connectivity index (χ4n) is 2.43. The van der Waals surface area contributed by atoms with Gasteiger partial charge in [0.25, 0.3) is 5.69 Å². The highest BCUT2D eigenvalue weighted by Crippen LogP contribution is 2.38. The predicted molar refractivity (Wildman–Crippen MR) is 94.1 cm³/mol. The molecule has 0 bridgehead atoms. The van der Waals surface area contributed by atoms with Crippen LogP contribution in [0.1, 0.15) is 0 Å². The Morgan fingerprint density at radius 2 is 1.62 bits per heavy atom. The van der Waals surface area contributed by atoms with Gasteiger partial charge in [0.1, 0.15) is 11.2 Å². The first-order chi connectivity index (χ1) is 12.5. The first kappa shape index (κ1) is 16.8. The summed E-state index contributed by atoms with van der Waals surface area (Å²) in [4.78, 5) is 37.2. The van der Waals surface area contributed by atoms with Crippen LogP contribution in [0.3, 0.4) is 0 Å². The summed E-state index contributed by atoms with van der Waals surface area (Å²) in [5.74, 6) is 0. The van der Waals surface area contributed by atoms with Crippen LogP contribution in [-0.2, 0) is 0 Å². The predicted octanol–water partition coefficient (Wildman–Crippen LogP) is 3.70. The standard InChI is InChI=1S/C16H11N5O5/c22-16(18-10-5-2-1-3-6-10)19-15-13(21(25)26)9-12(20(23)24)11-7-4-8-17-14(11)15/h1-9H,(H2,18,19,22). The van der Waals surface area contributed by atoms with E-state index in [0.717, 1.165) is 6.07 Å². The zero-order valence-corrected chi connectivity index (χ0v) is 13.1. The van der Waals surface area contributed by atoms with Gasteiger partial charge in [-0.3, -0.25) is 30.5 Å². The number of carbonyl (C=O) groups excluding carboxylic acids is 1. The molecule has 0 aliphatic heterocycles. The van der Waals surface area contributed by atoms with Crippen molar-refractivity contribution in [1.82, 2.24) is 4.98 Å². The molecule has 1 heterocycles. The van der Waals surface area contributed by atoms with Crippen LogP contribution in [0.5, 0.6) is 0 Å². The van der Waals surface area contributed by atoms with Crippen molar-refractivity contribution in [2.24, 2.45) is 0 Å². The number of nitro benzene ring substituents is 2. The third kappa shape index (κ3) is 3.24. The highest BCUT2D eigenvalue weighted by Gasteiger charge is 2.27. The van der Waals surface area contributed by atoms with Gasteiger partial charge in [0.15, 0.2) is 0 Å². The molecular formula is C16H11N5O5. The third-order valence-corrected chi connectivity index (χ3v) is 3.51. The normalized spacial score (nSPS) is 10.3. The molecule has 1 aromatic heterocycles. The van der Waals surface area contributed by atoms with E-state index in [2.05, 4.69) is 15.6 Å². The SMILES string of the molecule is O=C(Nc1ccccc1)Nc1c([N+](=O)[O-])cc([N+](=O)[O-])c2cccnc12. The summed E-state index contributed by atoms with van der Waals surface area (Å²) in [6, 6.07) is 11.4. The number of nitro groups is 2. The molecule has 10 heteroatoms. The monoisotopic (exact) mass is 353 g/mol. The van der Waals surface area contributed by atoms with Gasteiger partial charge >= 0.3 is 11.7 Å². The highest BCUT2D eigenvalue weighted by molar-refractivity contribution is 6.09. The molecule has 0 saturated heterocycles. The molecule has 0 aliphatic rings. The van der Waals surface area contributed by atoms with E-state index in [0.29, 0.717) is 5.69 Å². The van der Waals surface area contributed by atoms with Gasteiger partial charge in [0.2, 0.25) is 0 Å². The van der Waals surface area contributed by atoms with Crippen LogP contribution in [0, 0.1) is 20.2 Å². The number of fused-ring (bicyclic) bond motifs is 1. The molecule has 2 aromatic carbocycles. The average Bonchev–Trinajstić information content (AvgIpc) is 2.62. The summed E-state index contributed by atoms with van der Waals surface area (Å²) in [6.07, 6.45) is 1.33. The molecule has 0 saturated carbocycles. The van der Waals surface area contributed by atoms with Crippen molar-refractivity contribution in [1.29, 1.82) is 0 Å². The lowest BCUT2D eigenvalue weighted by Crippen LogP contribution is -2.20. The number of para-hydroxylation sites is 1. The largest absolute Gasteiger partial charge is 0.323 e. The quantitative estimate of drug-likeness (QED) is 0.541. The zero-order valence-electron chi connectivity index (χ0n) is 13.1. The molecule has 0 unspecified atom stereocenters. The molecule has 0 radical (unpaired) electrons. The number of pyridine rings is 1. The van der Waals surface area contributed by atoms with E-state index in [1.807, 2.05) is 0 Å². The molecule has 0 spiro atoms. The van der Waals surface area contributed by atoms with E-state index < -0.39 is 27.3 Å². The van der Waals surface area contributed by atoms with Crippen molar-refractivity contribution in [3.63, 3.8) is 0 Å². The Morgan fingerprint density at radius 3 is 2.27 bits per heavy atom. The van der Waals surface area contributed by atoms with Gasteiger partial charge in [-0.25, -0.2) is 4.79 Å². The van der Waals surface area contributed by atoms with Gasteiger partial charge in [-0.15, -0.1) is 0 Å². The first-order valence-corrected chi connectivity index (χ1v) is 7.31. The van der Waals surface area contributed by atoms with E-state index >= 15 is 0 Å².